The van der Waals surface area contributed by atoms with E-state index >= 15 is 0 Å². The zero-order valence-electron chi connectivity index (χ0n) is 7.60. The molecule has 14 heavy (non-hydrogen) atoms. The third-order valence-corrected chi connectivity index (χ3v) is 1.75. The normalized spacial score (nSPS) is 14.4. The Morgan fingerprint density at radius 3 is 2.64 bits per heavy atom. The van der Waals surface area contributed by atoms with Gasteiger partial charge in [-0.2, -0.15) is 18.3 Å². The first-order valence-electron chi connectivity index (χ1n) is 4.19. The molecule has 2 N–H and O–H groups in total. The lowest BCUT2D eigenvalue weighted by molar-refractivity contribution is -0.141. The molecular weight excluding hydrogens is 197 g/mol. The second-order valence-corrected chi connectivity index (χ2v) is 3.16. The number of H-pyrrole nitrogens is 1. The third-order valence-electron chi connectivity index (χ3n) is 1.75. The molecule has 1 heterocycles. The number of halogens is 3. The maximum Gasteiger partial charge on any atom is 0.435 e. The third kappa shape index (κ3) is 3.02. The predicted molar refractivity (Wildman–Crippen MR) is 43.6 cm³/mol. The number of nitrogens with one attached hydrogen (secondary N) is 1. The van der Waals surface area contributed by atoms with Crippen molar-refractivity contribution in [1.29, 1.82) is 0 Å². The summed E-state index contributed by atoms with van der Waals surface area (Å²) in [5.74, 6) is 0. The first-order valence-corrected chi connectivity index (χ1v) is 4.19. The van der Waals surface area contributed by atoms with Crippen LogP contribution in [0.2, 0.25) is 0 Å². The molecule has 3 nitrogen and oxygen atoms in total. The minimum Gasteiger partial charge on any atom is -0.393 e. The van der Waals surface area contributed by atoms with E-state index in [0.29, 0.717) is 18.5 Å². The topological polar surface area (TPSA) is 48.9 Å². The molecule has 1 aromatic heterocycles. The lowest BCUT2D eigenvalue weighted by Gasteiger charge is -2.00. The molecule has 0 bridgehead atoms. The molecule has 0 saturated carbocycles. The van der Waals surface area contributed by atoms with E-state index in [2.05, 4.69) is 10.2 Å². The van der Waals surface area contributed by atoms with Crippen LogP contribution in [-0.4, -0.2) is 21.4 Å². The van der Waals surface area contributed by atoms with Gasteiger partial charge in [-0.3, -0.25) is 5.10 Å². The molecule has 0 unspecified atom stereocenters. The summed E-state index contributed by atoms with van der Waals surface area (Å²) in [4.78, 5) is 0. The number of rotatable bonds is 3. The number of aromatic nitrogens is 2. The van der Waals surface area contributed by atoms with Crippen LogP contribution >= 0.6 is 0 Å². The van der Waals surface area contributed by atoms with Crippen molar-refractivity contribution < 1.29 is 18.3 Å². The second kappa shape index (κ2) is 4.00. The molecule has 0 aliphatic carbocycles. The average molecular weight is 208 g/mol. The molecule has 0 aliphatic heterocycles. The molecule has 0 spiro atoms. The summed E-state index contributed by atoms with van der Waals surface area (Å²) in [6.45, 7) is 1.58. The van der Waals surface area contributed by atoms with Crippen molar-refractivity contribution in [2.45, 2.75) is 32.0 Å². The standard InChI is InChI=1S/C8H11F3N2O/c1-5(14)2-3-6-4-7(13-12-6)8(9,10)11/h4-5,14H,2-3H2,1H3,(H,12,13)/t5-/m1/s1. The maximum absolute atomic E-state index is 12.1. The molecule has 80 valence electrons. The smallest absolute Gasteiger partial charge is 0.393 e. The summed E-state index contributed by atoms with van der Waals surface area (Å²) < 4.78 is 36.2. The van der Waals surface area contributed by atoms with E-state index in [1.807, 2.05) is 0 Å². The SMILES string of the molecule is C[C@@H](O)CCc1cc(C(F)(F)F)n[nH]1. The van der Waals surface area contributed by atoms with Gasteiger partial charge in [0.25, 0.3) is 0 Å². The summed E-state index contributed by atoms with van der Waals surface area (Å²) in [5, 5.41) is 14.3. The monoisotopic (exact) mass is 208 g/mol. The van der Waals surface area contributed by atoms with Crippen molar-refractivity contribution in [3.8, 4) is 0 Å². The lowest BCUT2D eigenvalue weighted by atomic mass is 10.2. The zero-order valence-corrected chi connectivity index (χ0v) is 7.60. The fraction of sp³-hybridized carbons (Fsp3) is 0.625. The van der Waals surface area contributed by atoms with Crippen LogP contribution in [0, 0.1) is 0 Å². The number of alkyl halides is 3. The van der Waals surface area contributed by atoms with E-state index < -0.39 is 18.0 Å². The fourth-order valence-corrected chi connectivity index (χ4v) is 0.999. The Morgan fingerprint density at radius 1 is 1.57 bits per heavy atom. The van der Waals surface area contributed by atoms with Crippen LogP contribution in [0.3, 0.4) is 0 Å². The number of aromatic amines is 1. The van der Waals surface area contributed by atoms with Gasteiger partial charge in [0.05, 0.1) is 6.10 Å². The molecule has 0 amide bonds. The molecule has 0 aliphatic rings. The Hall–Kier alpha value is -1.04. The van der Waals surface area contributed by atoms with Gasteiger partial charge in [-0.1, -0.05) is 0 Å². The quantitative estimate of drug-likeness (QED) is 0.794. The predicted octanol–water partition coefficient (Wildman–Crippen LogP) is 1.74. The Labute approximate surface area is 78.9 Å². The molecule has 1 atom stereocenters. The first-order chi connectivity index (χ1) is 6.39. The Bertz CT molecular complexity index is 293. The van der Waals surface area contributed by atoms with Gasteiger partial charge in [0, 0.05) is 5.69 Å². The van der Waals surface area contributed by atoms with E-state index in [0.717, 1.165) is 6.07 Å². The minimum atomic E-state index is -4.40. The van der Waals surface area contributed by atoms with Crippen LogP contribution in [0.5, 0.6) is 0 Å². The molecule has 0 fully saturated rings. The van der Waals surface area contributed by atoms with Crippen molar-refractivity contribution in [3.05, 3.63) is 17.5 Å². The summed E-state index contributed by atoms with van der Waals surface area (Å²) in [6, 6.07) is 0.961. The Kier molecular flexibility index (Phi) is 3.15. The number of aliphatic hydroxyl groups excluding tert-OH is 1. The highest BCUT2D eigenvalue weighted by Gasteiger charge is 2.33. The Balaban J connectivity index is 2.60. The first kappa shape index (κ1) is 11.0. The minimum absolute atomic E-state index is 0.362. The fourth-order valence-electron chi connectivity index (χ4n) is 0.999. The molecule has 6 heteroatoms. The van der Waals surface area contributed by atoms with Crippen LogP contribution in [0.15, 0.2) is 6.07 Å². The van der Waals surface area contributed by atoms with Gasteiger partial charge >= 0.3 is 6.18 Å². The van der Waals surface area contributed by atoms with Crippen LogP contribution in [0.4, 0.5) is 13.2 Å². The van der Waals surface area contributed by atoms with E-state index in [1.165, 1.54) is 0 Å². The molecule has 0 radical (unpaired) electrons. The van der Waals surface area contributed by atoms with E-state index in [4.69, 9.17) is 5.11 Å². The lowest BCUT2D eigenvalue weighted by Crippen LogP contribution is -2.04. The van der Waals surface area contributed by atoms with Gasteiger partial charge < -0.3 is 5.11 Å². The highest BCUT2D eigenvalue weighted by molar-refractivity contribution is 5.11. The summed E-state index contributed by atoms with van der Waals surface area (Å²) in [6.07, 6.45) is -4.15. The molecule has 0 aromatic carbocycles. The maximum atomic E-state index is 12.1. The van der Waals surface area contributed by atoms with Crippen molar-refractivity contribution in [1.82, 2.24) is 10.2 Å². The van der Waals surface area contributed by atoms with Crippen molar-refractivity contribution in [2.75, 3.05) is 0 Å². The number of hydrogen-bond acceptors (Lipinski definition) is 2. The number of aliphatic hydroxyl groups is 1. The van der Waals surface area contributed by atoms with Crippen LogP contribution in [-0.2, 0) is 12.6 Å². The Morgan fingerprint density at radius 2 is 2.21 bits per heavy atom. The molecule has 1 aromatic rings. The zero-order chi connectivity index (χ0) is 10.8. The summed E-state index contributed by atoms with van der Waals surface area (Å²) in [5.41, 5.74) is -0.531. The summed E-state index contributed by atoms with van der Waals surface area (Å²) >= 11 is 0. The van der Waals surface area contributed by atoms with Gasteiger partial charge in [-0.05, 0) is 25.8 Å². The molecule has 0 saturated heterocycles. The summed E-state index contributed by atoms with van der Waals surface area (Å²) in [7, 11) is 0. The van der Waals surface area contributed by atoms with Crippen molar-refractivity contribution >= 4 is 0 Å². The van der Waals surface area contributed by atoms with Crippen LogP contribution < -0.4 is 0 Å². The van der Waals surface area contributed by atoms with Gasteiger partial charge in [0.2, 0.25) is 0 Å². The highest BCUT2D eigenvalue weighted by Crippen LogP contribution is 2.27. The molecular formula is C8H11F3N2O. The van der Waals surface area contributed by atoms with E-state index in [-0.39, 0.29) is 0 Å². The van der Waals surface area contributed by atoms with Gasteiger partial charge in [0.1, 0.15) is 0 Å². The number of hydrogen-bond donors (Lipinski definition) is 2. The second-order valence-electron chi connectivity index (χ2n) is 3.16. The van der Waals surface area contributed by atoms with Crippen LogP contribution in [0.1, 0.15) is 24.7 Å². The van der Waals surface area contributed by atoms with E-state index in [1.54, 1.807) is 6.92 Å². The van der Waals surface area contributed by atoms with Crippen LogP contribution in [0.25, 0.3) is 0 Å². The number of aryl methyl sites for hydroxylation is 1. The van der Waals surface area contributed by atoms with Gasteiger partial charge in [-0.25, -0.2) is 0 Å². The van der Waals surface area contributed by atoms with Crippen molar-refractivity contribution in [2.24, 2.45) is 0 Å². The van der Waals surface area contributed by atoms with Gasteiger partial charge in [0.15, 0.2) is 5.69 Å². The molecule has 1 rings (SSSR count). The van der Waals surface area contributed by atoms with Gasteiger partial charge in [-0.15, -0.1) is 0 Å². The largest absolute Gasteiger partial charge is 0.435 e. The average Bonchev–Trinajstić information content (AvgIpc) is 2.47. The van der Waals surface area contributed by atoms with E-state index in [9.17, 15) is 13.2 Å². The highest BCUT2D eigenvalue weighted by atomic mass is 19.4. The van der Waals surface area contributed by atoms with Crippen molar-refractivity contribution in [3.63, 3.8) is 0 Å². The number of nitrogens with zero attached hydrogens (tertiary/aromatic N) is 1.